The molecule has 11 heteroatoms. The molecular weight excluding hydrogens is 434 g/mol. The highest BCUT2D eigenvalue weighted by Crippen LogP contribution is 2.27. The first-order valence-electron chi connectivity index (χ1n) is 10.0. The van der Waals surface area contributed by atoms with Crippen molar-refractivity contribution in [2.75, 3.05) is 26.4 Å². The van der Waals surface area contributed by atoms with Gasteiger partial charge in [-0.15, -0.1) is 10.2 Å². The minimum absolute atomic E-state index is 0.299. The van der Waals surface area contributed by atoms with E-state index in [0.717, 1.165) is 33.0 Å². The standard InChI is InChI=1S/C20H25N7O2S2/c1-13-23-24-20(31-13)30-11-7-10-27-15-16(26(3)19(29)22-17(15)28)21-18(27)25(2)12-14-8-5-4-6-9-14/h4-6,8-9,15-16H,7,10-12H2,1-3H3,(H,22,28,29). The van der Waals surface area contributed by atoms with Crippen molar-refractivity contribution in [3.63, 3.8) is 0 Å². The van der Waals surface area contributed by atoms with Crippen LogP contribution in [0.15, 0.2) is 39.7 Å². The molecule has 2 aromatic rings. The molecule has 1 N–H and O–H groups in total. The number of aryl methyl sites for hydroxylation is 1. The summed E-state index contributed by atoms with van der Waals surface area (Å²) in [5.74, 6) is 1.29. The Hall–Kier alpha value is -2.66. The lowest BCUT2D eigenvalue weighted by atomic mass is 10.1. The van der Waals surface area contributed by atoms with Crippen LogP contribution in [0.25, 0.3) is 0 Å². The summed E-state index contributed by atoms with van der Waals surface area (Å²) in [6.07, 6.45) is 0.322. The van der Waals surface area contributed by atoms with Crippen molar-refractivity contribution in [1.29, 1.82) is 0 Å². The van der Waals surface area contributed by atoms with Gasteiger partial charge in [0.25, 0.3) is 5.91 Å². The number of urea groups is 1. The number of nitrogens with one attached hydrogen (secondary N) is 1. The molecule has 2 unspecified atom stereocenters. The van der Waals surface area contributed by atoms with Crippen LogP contribution in [0.1, 0.15) is 17.0 Å². The zero-order valence-corrected chi connectivity index (χ0v) is 19.3. The van der Waals surface area contributed by atoms with Crippen LogP contribution in [-0.4, -0.2) is 81.4 Å². The maximum absolute atomic E-state index is 12.7. The Labute approximate surface area is 189 Å². The number of rotatable bonds is 7. The van der Waals surface area contributed by atoms with Gasteiger partial charge in [0.15, 0.2) is 22.5 Å². The van der Waals surface area contributed by atoms with Gasteiger partial charge in [0.1, 0.15) is 5.01 Å². The number of carbonyl (C=O) groups excluding carboxylic acids is 2. The van der Waals surface area contributed by atoms with Gasteiger partial charge < -0.3 is 14.7 Å². The fourth-order valence-corrected chi connectivity index (χ4v) is 5.54. The van der Waals surface area contributed by atoms with Crippen LogP contribution in [0.5, 0.6) is 0 Å². The number of hydrogen-bond acceptors (Lipinski definition) is 9. The quantitative estimate of drug-likeness (QED) is 0.500. The zero-order chi connectivity index (χ0) is 22.0. The minimum Gasteiger partial charge on any atom is -0.341 e. The van der Waals surface area contributed by atoms with E-state index >= 15 is 0 Å². The molecule has 0 spiro atoms. The summed E-state index contributed by atoms with van der Waals surface area (Å²) in [4.78, 5) is 35.2. The molecule has 164 valence electrons. The molecule has 2 atom stereocenters. The van der Waals surface area contributed by atoms with Crippen molar-refractivity contribution < 1.29 is 9.59 Å². The number of nitrogens with zero attached hydrogens (tertiary/aromatic N) is 6. The minimum atomic E-state index is -0.523. The van der Waals surface area contributed by atoms with Gasteiger partial charge in [-0.1, -0.05) is 53.4 Å². The number of aromatic nitrogens is 2. The van der Waals surface area contributed by atoms with Crippen molar-refractivity contribution in [3.05, 3.63) is 40.9 Å². The molecule has 1 fully saturated rings. The number of carbonyl (C=O) groups is 2. The van der Waals surface area contributed by atoms with Crippen molar-refractivity contribution in [1.82, 2.24) is 30.2 Å². The Morgan fingerprint density at radius 3 is 2.71 bits per heavy atom. The lowest BCUT2D eigenvalue weighted by Gasteiger charge is -2.37. The maximum Gasteiger partial charge on any atom is 0.325 e. The van der Waals surface area contributed by atoms with E-state index in [0.29, 0.717) is 13.1 Å². The number of thioether (sulfide) groups is 1. The van der Waals surface area contributed by atoms with E-state index in [9.17, 15) is 9.59 Å². The smallest absolute Gasteiger partial charge is 0.325 e. The molecule has 31 heavy (non-hydrogen) atoms. The summed E-state index contributed by atoms with van der Waals surface area (Å²) in [5, 5.41) is 11.6. The van der Waals surface area contributed by atoms with Gasteiger partial charge in [0.05, 0.1) is 0 Å². The van der Waals surface area contributed by atoms with Crippen LogP contribution >= 0.6 is 23.1 Å². The summed E-state index contributed by atoms with van der Waals surface area (Å²) in [7, 11) is 3.64. The van der Waals surface area contributed by atoms with E-state index in [4.69, 9.17) is 4.99 Å². The molecule has 3 amide bonds. The lowest BCUT2D eigenvalue weighted by molar-refractivity contribution is -0.127. The van der Waals surface area contributed by atoms with Gasteiger partial charge in [0.2, 0.25) is 0 Å². The molecule has 4 rings (SSSR count). The van der Waals surface area contributed by atoms with Crippen LogP contribution in [0.3, 0.4) is 0 Å². The Morgan fingerprint density at radius 1 is 1.23 bits per heavy atom. The first-order chi connectivity index (χ1) is 14.9. The summed E-state index contributed by atoms with van der Waals surface area (Å²) in [5.41, 5.74) is 1.15. The van der Waals surface area contributed by atoms with E-state index in [2.05, 4.69) is 27.6 Å². The number of hydrogen-bond donors (Lipinski definition) is 1. The fraction of sp³-hybridized carbons (Fsp3) is 0.450. The average molecular weight is 460 g/mol. The number of imide groups is 1. The number of guanidine groups is 1. The Kier molecular flexibility index (Phi) is 6.42. The molecule has 9 nitrogen and oxygen atoms in total. The highest BCUT2D eigenvalue weighted by molar-refractivity contribution is 8.01. The number of benzene rings is 1. The van der Waals surface area contributed by atoms with Crippen molar-refractivity contribution in [2.24, 2.45) is 4.99 Å². The maximum atomic E-state index is 12.7. The second-order valence-electron chi connectivity index (χ2n) is 7.52. The highest BCUT2D eigenvalue weighted by atomic mass is 32.2. The second-order valence-corrected chi connectivity index (χ2v) is 10.0. The van der Waals surface area contributed by atoms with Gasteiger partial charge in [-0.2, -0.15) is 0 Å². The van der Waals surface area contributed by atoms with Crippen LogP contribution < -0.4 is 5.32 Å². The lowest BCUT2D eigenvalue weighted by Crippen LogP contribution is -2.64. The predicted octanol–water partition coefficient (Wildman–Crippen LogP) is 2.01. The van der Waals surface area contributed by atoms with Crippen LogP contribution in [0.4, 0.5) is 4.79 Å². The number of likely N-dealkylation sites (N-methyl/N-ethyl adjacent to an activating group) is 1. The Morgan fingerprint density at radius 2 is 2.00 bits per heavy atom. The molecule has 0 radical (unpaired) electrons. The van der Waals surface area contributed by atoms with Gasteiger partial charge in [-0.3, -0.25) is 10.1 Å². The molecule has 1 saturated heterocycles. The first-order valence-corrected chi connectivity index (χ1v) is 11.8. The van der Waals surface area contributed by atoms with Crippen LogP contribution in [0.2, 0.25) is 0 Å². The number of aliphatic imine (C=N–C) groups is 1. The number of fused-ring (bicyclic) bond motifs is 1. The molecular formula is C20H25N7O2S2. The van der Waals surface area contributed by atoms with Gasteiger partial charge >= 0.3 is 6.03 Å². The van der Waals surface area contributed by atoms with Crippen LogP contribution in [-0.2, 0) is 11.3 Å². The third-order valence-corrected chi connectivity index (χ3v) is 7.28. The van der Waals surface area contributed by atoms with Gasteiger partial charge in [-0.05, 0) is 18.9 Å². The number of amides is 3. The highest BCUT2D eigenvalue weighted by Gasteiger charge is 2.49. The molecule has 1 aromatic heterocycles. The predicted molar refractivity (Wildman–Crippen MR) is 121 cm³/mol. The normalized spacial score (nSPS) is 20.5. The molecule has 0 saturated carbocycles. The molecule has 2 aliphatic rings. The summed E-state index contributed by atoms with van der Waals surface area (Å²) in [6.45, 7) is 3.25. The monoisotopic (exact) mass is 459 g/mol. The van der Waals surface area contributed by atoms with E-state index in [1.54, 1.807) is 30.1 Å². The summed E-state index contributed by atoms with van der Waals surface area (Å²) >= 11 is 3.25. The Balaban J connectivity index is 1.48. The molecule has 0 bridgehead atoms. The topological polar surface area (TPSA) is 94.0 Å². The third kappa shape index (κ3) is 4.67. The largest absolute Gasteiger partial charge is 0.341 e. The van der Waals surface area contributed by atoms with Crippen LogP contribution in [0, 0.1) is 6.92 Å². The Bertz CT molecular complexity index is 981. The van der Waals surface area contributed by atoms with Crippen molar-refractivity contribution in [2.45, 2.75) is 36.4 Å². The van der Waals surface area contributed by atoms with E-state index in [1.165, 1.54) is 4.90 Å². The molecule has 2 aliphatic heterocycles. The SMILES string of the molecule is Cc1nnc(SCCCN2C(N(C)Cc3ccccc3)=NC3C2C(=O)NC(=O)N3C)s1. The van der Waals surface area contributed by atoms with E-state index in [1.807, 2.05) is 42.0 Å². The third-order valence-electron chi connectivity index (χ3n) is 5.22. The first kappa shape index (κ1) is 21.6. The van der Waals surface area contributed by atoms with Crippen molar-refractivity contribution >= 4 is 41.0 Å². The molecule has 1 aromatic carbocycles. The molecule has 3 heterocycles. The summed E-state index contributed by atoms with van der Waals surface area (Å²) in [6, 6.07) is 9.18. The summed E-state index contributed by atoms with van der Waals surface area (Å²) < 4.78 is 0.952. The second kappa shape index (κ2) is 9.23. The molecule has 0 aliphatic carbocycles. The zero-order valence-electron chi connectivity index (χ0n) is 17.7. The van der Waals surface area contributed by atoms with Gasteiger partial charge in [0, 0.05) is 32.9 Å². The fourth-order valence-electron chi connectivity index (χ4n) is 3.73. The van der Waals surface area contributed by atoms with Crippen molar-refractivity contribution in [3.8, 4) is 0 Å². The van der Waals surface area contributed by atoms with E-state index < -0.39 is 18.2 Å². The van der Waals surface area contributed by atoms with Gasteiger partial charge in [-0.25, -0.2) is 9.79 Å². The van der Waals surface area contributed by atoms with E-state index in [-0.39, 0.29) is 5.91 Å². The average Bonchev–Trinajstić information content (AvgIpc) is 3.34.